The van der Waals surface area contributed by atoms with Crippen LogP contribution in [0.15, 0.2) is 102 Å². The molecule has 2 N–H and O–H groups in total. The summed E-state index contributed by atoms with van der Waals surface area (Å²) in [6, 6.07) is 27.0. The lowest BCUT2D eigenvalue weighted by atomic mass is 9.72. The number of fused-ring (bicyclic) bond motifs is 1. The van der Waals surface area contributed by atoms with E-state index >= 15 is 0 Å². The number of allylic oxidation sites excluding steroid dienone is 1. The third-order valence-corrected chi connectivity index (χ3v) is 13.5. The topological polar surface area (TPSA) is 140 Å². The summed E-state index contributed by atoms with van der Waals surface area (Å²) >= 11 is 6.25. The van der Waals surface area contributed by atoms with Gasteiger partial charge in [0.05, 0.1) is 29.2 Å². The van der Waals surface area contributed by atoms with Crippen LogP contribution in [0.25, 0.3) is 16.5 Å². The molecule has 0 atom stereocenters. The van der Waals surface area contributed by atoms with Crippen molar-refractivity contribution in [1.82, 2.24) is 19.5 Å². The number of rotatable bonds is 13. The van der Waals surface area contributed by atoms with Gasteiger partial charge in [0.25, 0.3) is 15.9 Å². The van der Waals surface area contributed by atoms with E-state index < -0.39 is 15.9 Å². The van der Waals surface area contributed by atoms with Crippen molar-refractivity contribution in [1.29, 1.82) is 5.26 Å². The number of nitrogens with zero attached hydrogens (tertiary/aromatic N) is 4. The zero-order valence-corrected chi connectivity index (χ0v) is 36.2. The molecule has 8 rings (SSSR count). The normalized spacial score (nSPS) is 17.6. The molecule has 61 heavy (non-hydrogen) atoms. The molecule has 5 aromatic rings. The van der Waals surface area contributed by atoms with Crippen molar-refractivity contribution in [2.45, 2.75) is 38.0 Å². The smallest absolute Gasteiger partial charge is 0.268 e. The molecule has 2 fully saturated rings. The molecule has 0 spiro atoms. The molecular formula is C47H51ClN6O6S. The number of nitriles is 1. The fourth-order valence-corrected chi connectivity index (χ4v) is 9.45. The van der Waals surface area contributed by atoms with Crippen LogP contribution in [-0.4, -0.2) is 101 Å². The van der Waals surface area contributed by atoms with Gasteiger partial charge in [-0.15, -0.1) is 0 Å². The van der Waals surface area contributed by atoms with Crippen molar-refractivity contribution in [3.8, 4) is 23.3 Å². The van der Waals surface area contributed by atoms with Crippen molar-refractivity contribution in [2.24, 2.45) is 5.41 Å². The molecule has 1 aliphatic carbocycles. The van der Waals surface area contributed by atoms with Gasteiger partial charge in [-0.25, -0.2) is 13.1 Å². The fourth-order valence-electron chi connectivity index (χ4n) is 8.33. The number of carbonyl (C=O) groups excluding carboxylic acids is 1. The summed E-state index contributed by atoms with van der Waals surface area (Å²) in [6.45, 7) is 12.7. The number of halogens is 1. The standard InChI is InChI=1S/C47H51ClN6O6S/c1-47(2)15-13-35(42(30-47)33-3-5-37(48)6-4-33)32-53-17-19-54(20-18-53)38-7-10-41(45(29-38)60-39-8-11-43-34(27-39)14-16-50-43)46(55)51-61(56,57)40-9-12-44(36(28-40)31-49)59-26-23-52-21-24-58-25-22-52/h3-12,14,16,27-29,50H,13,15,17-26,30,32H2,1-2H3,(H,51,55). The molecule has 4 aromatic carbocycles. The van der Waals surface area contributed by atoms with E-state index in [1.54, 1.807) is 18.2 Å². The highest BCUT2D eigenvalue weighted by Crippen LogP contribution is 2.43. The molecule has 12 nitrogen and oxygen atoms in total. The SMILES string of the molecule is CC1(C)CCC(CN2CCN(c3ccc(C(=O)NS(=O)(=O)c4ccc(OCCN5CCOCC5)c(C#N)c4)c(Oc4ccc5[nH]ccc5c4)c3)CC2)=C(c2ccc(Cl)cc2)C1. The Morgan fingerprint density at radius 3 is 2.48 bits per heavy atom. The first kappa shape index (κ1) is 42.3. The highest BCUT2D eigenvalue weighted by atomic mass is 35.5. The quantitative estimate of drug-likeness (QED) is 0.119. The van der Waals surface area contributed by atoms with Gasteiger partial charge in [-0.05, 0) is 103 Å². The molecule has 14 heteroatoms. The van der Waals surface area contributed by atoms with Gasteiger partial charge in [-0.1, -0.05) is 43.2 Å². The first-order chi connectivity index (χ1) is 29.4. The maximum atomic E-state index is 13.9. The summed E-state index contributed by atoms with van der Waals surface area (Å²) in [5.74, 6) is 0.116. The Bertz CT molecular complexity index is 2570. The van der Waals surface area contributed by atoms with Gasteiger partial charge in [0.2, 0.25) is 0 Å². The van der Waals surface area contributed by atoms with E-state index in [0.717, 1.165) is 86.7 Å². The van der Waals surface area contributed by atoms with Gasteiger partial charge in [-0.2, -0.15) is 5.26 Å². The highest BCUT2D eigenvalue weighted by Gasteiger charge is 2.30. The highest BCUT2D eigenvalue weighted by molar-refractivity contribution is 7.90. The maximum absolute atomic E-state index is 13.9. The summed E-state index contributed by atoms with van der Waals surface area (Å²) in [4.78, 5) is 23.8. The number of hydrogen-bond acceptors (Lipinski definition) is 10. The van der Waals surface area contributed by atoms with Crippen LogP contribution in [0.1, 0.15) is 54.6 Å². The van der Waals surface area contributed by atoms with Crippen LogP contribution in [0.5, 0.6) is 17.2 Å². The molecule has 2 aliphatic heterocycles. The zero-order chi connectivity index (χ0) is 42.6. The number of aromatic amines is 1. The Morgan fingerprint density at radius 1 is 0.918 bits per heavy atom. The first-order valence-corrected chi connectivity index (χ1v) is 22.7. The average molecular weight is 863 g/mol. The van der Waals surface area contributed by atoms with Gasteiger partial charge in [-0.3, -0.25) is 14.6 Å². The Hall–Kier alpha value is -5.36. The number of amides is 1. The molecule has 1 aromatic heterocycles. The lowest BCUT2D eigenvalue weighted by Gasteiger charge is -2.39. The van der Waals surface area contributed by atoms with Gasteiger partial charge in [0, 0.05) is 86.2 Å². The monoisotopic (exact) mass is 862 g/mol. The number of H-pyrrole nitrogens is 1. The summed E-state index contributed by atoms with van der Waals surface area (Å²) in [5, 5.41) is 11.5. The molecular weight excluding hydrogens is 812 g/mol. The molecule has 3 aliphatic rings. The lowest BCUT2D eigenvalue weighted by Crippen LogP contribution is -2.47. The van der Waals surface area contributed by atoms with Crippen molar-refractivity contribution < 1.29 is 27.4 Å². The van der Waals surface area contributed by atoms with E-state index in [9.17, 15) is 18.5 Å². The number of benzene rings is 4. The zero-order valence-electron chi connectivity index (χ0n) is 34.6. The van der Waals surface area contributed by atoms with Crippen LogP contribution in [0.2, 0.25) is 5.02 Å². The second-order valence-corrected chi connectivity index (χ2v) is 18.8. The molecule has 0 radical (unpaired) electrons. The van der Waals surface area contributed by atoms with E-state index in [2.05, 4.69) is 50.4 Å². The first-order valence-electron chi connectivity index (χ1n) is 20.8. The van der Waals surface area contributed by atoms with Gasteiger partial charge in [0.1, 0.15) is 29.9 Å². The van der Waals surface area contributed by atoms with Crippen LogP contribution in [0.4, 0.5) is 5.69 Å². The Kier molecular flexibility index (Phi) is 12.7. The van der Waals surface area contributed by atoms with Gasteiger partial charge < -0.3 is 24.1 Å². The lowest BCUT2D eigenvalue weighted by molar-refractivity contribution is 0.0322. The van der Waals surface area contributed by atoms with Gasteiger partial charge >= 0.3 is 0 Å². The number of sulfonamides is 1. The van der Waals surface area contributed by atoms with Crippen molar-refractivity contribution >= 4 is 49.7 Å². The number of nitrogens with one attached hydrogen (secondary N) is 2. The average Bonchev–Trinajstić information content (AvgIpc) is 3.73. The number of ether oxygens (including phenoxy) is 3. The van der Waals surface area contributed by atoms with Crippen LogP contribution in [-0.2, 0) is 14.8 Å². The molecule has 318 valence electrons. The number of aromatic nitrogens is 1. The number of hydrogen-bond donors (Lipinski definition) is 2. The third-order valence-electron chi connectivity index (χ3n) is 11.9. The molecule has 3 heterocycles. The minimum absolute atomic E-state index is 0.0468. The van der Waals surface area contributed by atoms with Crippen LogP contribution in [0, 0.1) is 16.7 Å². The van der Waals surface area contributed by atoms with Gasteiger partial charge in [0.15, 0.2) is 0 Å². The Labute approximate surface area is 362 Å². The second-order valence-electron chi connectivity index (χ2n) is 16.7. The van der Waals surface area contributed by atoms with E-state index in [4.69, 9.17) is 25.8 Å². The van der Waals surface area contributed by atoms with Crippen LogP contribution < -0.4 is 19.1 Å². The van der Waals surface area contributed by atoms with Crippen molar-refractivity contribution in [2.75, 3.05) is 77.1 Å². The minimum Gasteiger partial charge on any atom is -0.491 e. The number of carbonyl (C=O) groups is 1. The van der Waals surface area contributed by atoms with Crippen LogP contribution in [0.3, 0.4) is 0 Å². The fraction of sp³-hybridized carbons (Fsp3) is 0.362. The van der Waals surface area contributed by atoms with E-state index in [0.29, 0.717) is 32.1 Å². The van der Waals surface area contributed by atoms with Crippen molar-refractivity contribution in [3.05, 3.63) is 118 Å². The molecule has 0 saturated carbocycles. The summed E-state index contributed by atoms with van der Waals surface area (Å²) in [5.41, 5.74) is 6.29. The summed E-state index contributed by atoms with van der Waals surface area (Å²) < 4.78 is 47.2. The summed E-state index contributed by atoms with van der Waals surface area (Å²) in [6.07, 6.45) is 5.08. The second kappa shape index (κ2) is 18.3. The number of anilines is 1. The summed E-state index contributed by atoms with van der Waals surface area (Å²) in [7, 11) is -4.40. The maximum Gasteiger partial charge on any atom is 0.268 e. The van der Waals surface area contributed by atoms with E-state index in [-0.39, 0.29) is 32.9 Å². The van der Waals surface area contributed by atoms with Crippen LogP contribution >= 0.6 is 11.6 Å². The van der Waals surface area contributed by atoms with E-state index in [1.807, 2.05) is 48.7 Å². The van der Waals surface area contributed by atoms with Crippen molar-refractivity contribution in [3.63, 3.8) is 0 Å². The van der Waals surface area contributed by atoms with E-state index in [1.165, 1.54) is 34.9 Å². The minimum atomic E-state index is -4.40. The predicted octanol–water partition coefficient (Wildman–Crippen LogP) is 8.10. The largest absolute Gasteiger partial charge is 0.491 e. The molecule has 2 saturated heterocycles. The third kappa shape index (κ3) is 10.2. The molecule has 1 amide bonds. The Balaban J connectivity index is 0.984. The number of morpholine rings is 1. The predicted molar refractivity (Wildman–Crippen MR) is 238 cm³/mol. The number of piperazine rings is 1. The molecule has 0 bridgehead atoms. The molecule has 0 unspecified atom stereocenters. The Morgan fingerprint density at radius 2 is 1.70 bits per heavy atom.